The van der Waals surface area contributed by atoms with Crippen molar-refractivity contribution in [2.24, 2.45) is 0 Å². The topological polar surface area (TPSA) is 132 Å². The van der Waals surface area contributed by atoms with E-state index in [4.69, 9.17) is 23.1 Å². The van der Waals surface area contributed by atoms with Crippen molar-refractivity contribution in [1.29, 1.82) is 0 Å². The van der Waals surface area contributed by atoms with Gasteiger partial charge in [0, 0.05) is 0 Å². The van der Waals surface area contributed by atoms with E-state index < -0.39 is 52.6 Å². The van der Waals surface area contributed by atoms with Gasteiger partial charge < -0.3 is 18.9 Å². The van der Waals surface area contributed by atoms with E-state index in [1.54, 1.807) is 54.6 Å². The highest BCUT2D eigenvalue weighted by atomic mass is 32.2. The number of carbonyl (C=O) groups is 3. The SMILES string of the molecule is CS(=O)(=O)O[C@@H]1[C@@H](OC(=O)c2ccccc2)OC[C@@H](OC(=O)c2ccccc2)[C@H]1OC(=O)c1ccccc1. The molecule has 0 spiro atoms. The summed E-state index contributed by atoms with van der Waals surface area (Å²) in [5.41, 5.74) is 0.534. The molecule has 0 bridgehead atoms. The molecule has 1 aliphatic heterocycles. The fraction of sp³-hybridized carbons (Fsp3) is 0.222. The van der Waals surface area contributed by atoms with E-state index in [9.17, 15) is 22.8 Å². The van der Waals surface area contributed by atoms with Crippen LogP contribution in [-0.2, 0) is 33.2 Å². The van der Waals surface area contributed by atoms with Crippen LogP contribution in [0.1, 0.15) is 31.1 Å². The van der Waals surface area contributed by atoms with Gasteiger partial charge in [0.25, 0.3) is 10.1 Å². The van der Waals surface area contributed by atoms with Crippen molar-refractivity contribution in [2.45, 2.75) is 24.6 Å². The fourth-order valence-electron chi connectivity index (χ4n) is 3.69. The molecule has 38 heavy (non-hydrogen) atoms. The molecule has 0 aliphatic carbocycles. The molecule has 0 saturated carbocycles. The van der Waals surface area contributed by atoms with Crippen molar-refractivity contribution in [3.05, 3.63) is 108 Å². The number of rotatable bonds is 8. The van der Waals surface area contributed by atoms with Gasteiger partial charge in [-0.3, -0.25) is 4.18 Å². The summed E-state index contributed by atoms with van der Waals surface area (Å²) in [5, 5.41) is 0. The number of hydrogen-bond donors (Lipinski definition) is 0. The number of carbonyl (C=O) groups excluding carboxylic acids is 3. The van der Waals surface area contributed by atoms with Gasteiger partial charge in [-0.1, -0.05) is 54.6 Å². The van der Waals surface area contributed by atoms with E-state index >= 15 is 0 Å². The highest BCUT2D eigenvalue weighted by molar-refractivity contribution is 7.86. The van der Waals surface area contributed by atoms with Gasteiger partial charge >= 0.3 is 17.9 Å². The van der Waals surface area contributed by atoms with Crippen molar-refractivity contribution < 1.29 is 45.9 Å². The maximum absolute atomic E-state index is 13.0. The third-order valence-corrected chi connectivity index (χ3v) is 5.99. The maximum atomic E-state index is 13.0. The van der Waals surface area contributed by atoms with Gasteiger partial charge in [-0.15, -0.1) is 0 Å². The van der Waals surface area contributed by atoms with Crippen LogP contribution in [0, 0.1) is 0 Å². The zero-order valence-electron chi connectivity index (χ0n) is 20.2. The first-order chi connectivity index (χ1) is 18.2. The lowest BCUT2D eigenvalue weighted by atomic mass is 10.0. The van der Waals surface area contributed by atoms with Crippen molar-refractivity contribution in [3.63, 3.8) is 0 Å². The molecule has 3 aromatic rings. The normalized spacial score (nSPS) is 21.2. The van der Waals surface area contributed by atoms with Crippen LogP contribution in [0.3, 0.4) is 0 Å². The van der Waals surface area contributed by atoms with Crippen molar-refractivity contribution in [3.8, 4) is 0 Å². The Balaban J connectivity index is 1.65. The van der Waals surface area contributed by atoms with Crippen molar-refractivity contribution in [1.82, 2.24) is 0 Å². The van der Waals surface area contributed by atoms with Crippen LogP contribution in [-0.4, -0.2) is 63.8 Å². The van der Waals surface area contributed by atoms with E-state index in [1.165, 1.54) is 36.4 Å². The number of hydrogen-bond acceptors (Lipinski definition) is 10. The molecule has 198 valence electrons. The van der Waals surface area contributed by atoms with Gasteiger partial charge in [-0.05, 0) is 36.4 Å². The van der Waals surface area contributed by atoms with Crippen molar-refractivity contribution in [2.75, 3.05) is 12.9 Å². The van der Waals surface area contributed by atoms with E-state index in [2.05, 4.69) is 0 Å². The highest BCUT2D eigenvalue weighted by Gasteiger charge is 2.49. The lowest BCUT2D eigenvalue weighted by Gasteiger charge is -2.39. The Bertz CT molecular complexity index is 1360. The summed E-state index contributed by atoms with van der Waals surface area (Å²) >= 11 is 0. The molecule has 0 N–H and O–H groups in total. The maximum Gasteiger partial charge on any atom is 0.340 e. The molecule has 1 aliphatic rings. The van der Waals surface area contributed by atoms with E-state index in [0.29, 0.717) is 0 Å². The molecule has 0 unspecified atom stereocenters. The zero-order chi connectivity index (χ0) is 27.1. The first-order valence-electron chi connectivity index (χ1n) is 11.5. The summed E-state index contributed by atoms with van der Waals surface area (Å²) in [5.74, 6) is -2.43. The quantitative estimate of drug-likeness (QED) is 0.239. The first-order valence-corrected chi connectivity index (χ1v) is 13.3. The first kappa shape index (κ1) is 27.0. The molecular formula is C27H24O10S. The molecule has 0 aromatic heterocycles. The van der Waals surface area contributed by atoms with E-state index in [0.717, 1.165) is 6.26 Å². The number of ether oxygens (including phenoxy) is 4. The second-order valence-corrected chi connectivity index (χ2v) is 9.88. The Hall–Kier alpha value is -4.06. The predicted octanol–water partition coefficient (Wildman–Crippen LogP) is 3.00. The van der Waals surface area contributed by atoms with Crippen LogP contribution in [0.25, 0.3) is 0 Å². The average molecular weight is 541 g/mol. The Labute approximate surface area is 219 Å². The molecule has 4 rings (SSSR count). The summed E-state index contributed by atoms with van der Waals surface area (Å²) in [4.78, 5) is 38.5. The van der Waals surface area contributed by atoms with Gasteiger partial charge in [-0.25, -0.2) is 14.4 Å². The average Bonchev–Trinajstić information content (AvgIpc) is 2.92. The summed E-state index contributed by atoms with van der Waals surface area (Å²) in [6.45, 7) is -0.387. The monoisotopic (exact) mass is 540 g/mol. The van der Waals surface area contributed by atoms with Crippen molar-refractivity contribution >= 4 is 28.0 Å². The molecule has 1 fully saturated rings. The molecular weight excluding hydrogens is 516 g/mol. The van der Waals surface area contributed by atoms with Crippen LogP contribution >= 0.6 is 0 Å². The zero-order valence-corrected chi connectivity index (χ0v) is 21.0. The smallest absolute Gasteiger partial charge is 0.340 e. The molecule has 0 radical (unpaired) electrons. The molecule has 11 heteroatoms. The lowest BCUT2D eigenvalue weighted by molar-refractivity contribution is -0.243. The van der Waals surface area contributed by atoms with Gasteiger partial charge in [0.05, 0.1) is 29.6 Å². The second-order valence-electron chi connectivity index (χ2n) is 8.28. The van der Waals surface area contributed by atoms with Crippen LogP contribution in [0.2, 0.25) is 0 Å². The van der Waals surface area contributed by atoms with Crippen LogP contribution in [0.4, 0.5) is 0 Å². The molecule has 10 nitrogen and oxygen atoms in total. The van der Waals surface area contributed by atoms with Crippen LogP contribution in [0.15, 0.2) is 91.0 Å². The number of esters is 3. The molecule has 4 atom stereocenters. The molecule has 1 heterocycles. The van der Waals surface area contributed by atoms with Gasteiger partial charge in [-0.2, -0.15) is 8.42 Å². The lowest BCUT2D eigenvalue weighted by Crippen LogP contribution is -2.58. The third-order valence-electron chi connectivity index (χ3n) is 5.42. The van der Waals surface area contributed by atoms with E-state index in [1.807, 2.05) is 0 Å². The minimum Gasteiger partial charge on any atom is -0.452 e. The Kier molecular flexibility index (Phi) is 8.52. The Morgan fingerprint density at radius 1 is 0.658 bits per heavy atom. The second kappa shape index (κ2) is 12.0. The predicted molar refractivity (Wildman–Crippen MR) is 133 cm³/mol. The highest BCUT2D eigenvalue weighted by Crippen LogP contribution is 2.28. The molecule has 0 amide bonds. The Morgan fingerprint density at radius 3 is 1.53 bits per heavy atom. The third kappa shape index (κ3) is 7.03. The standard InChI is InChI=1S/C27H24O10S/c1-38(31,32)37-23-22(35-25(29)19-13-7-3-8-14-19)21(34-24(28)18-11-5-2-6-12-18)17-33-27(23)36-26(30)20-15-9-4-10-16-20/h2-16,21-23,27H,17H2,1H3/t21-,22-,23+,27-/m1/s1. The van der Waals surface area contributed by atoms with Gasteiger partial charge in [0.15, 0.2) is 18.3 Å². The summed E-state index contributed by atoms with van der Waals surface area (Å²) < 4.78 is 51.8. The van der Waals surface area contributed by atoms with E-state index in [-0.39, 0.29) is 23.3 Å². The fourth-order valence-corrected chi connectivity index (χ4v) is 4.29. The van der Waals surface area contributed by atoms with Crippen LogP contribution in [0.5, 0.6) is 0 Å². The Morgan fingerprint density at radius 2 is 1.08 bits per heavy atom. The summed E-state index contributed by atoms with van der Waals surface area (Å²) in [7, 11) is -4.20. The van der Waals surface area contributed by atoms with Gasteiger partial charge in [0.1, 0.15) is 0 Å². The summed E-state index contributed by atoms with van der Waals surface area (Å²) in [6, 6.07) is 23.9. The summed E-state index contributed by atoms with van der Waals surface area (Å²) in [6.07, 6.45) is -5.34. The number of benzene rings is 3. The molecule has 3 aromatic carbocycles. The minimum absolute atomic E-state index is 0.156. The molecule has 1 saturated heterocycles. The van der Waals surface area contributed by atoms with Gasteiger partial charge in [0.2, 0.25) is 6.29 Å². The largest absolute Gasteiger partial charge is 0.452 e. The van der Waals surface area contributed by atoms with Crippen LogP contribution < -0.4 is 0 Å². The minimum atomic E-state index is -4.20.